The minimum atomic E-state index is 0.327. The van der Waals surface area contributed by atoms with Crippen molar-refractivity contribution in [2.75, 3.05) is 13.1 Å². The summed E-state index contributed by atoms with van der Waals surface area (Å²) in [6, 6.07) is 7.59. The number of hydrogen-bond acceptors (Lipinski definition) is 2. The first-order chi connectivity index (χ1) is 10.2. The standard InChI is InChI=1S/C17H24Cl2N2/c1-2-17(15-6-5-12(18)10-16(15)19)20-13-7-9-21-8-3-4-14(21)11-13/h5-6,10,13-14,17,20H,2-4,7-9,11H2,1H3. The van der Waals surface area contributed by atoms with Crippen LogP contribution in [0.1, 0.15) is 50.6 Å². The molecule has 4 heteroatoms. The second kappa shape index (κ2) is 6.87. The highest BCUT2D eigenvalue weighted by Gasteiger charge is 2.32. The monoisotopic (exact) mass is 326 g/mol. The Morgan fingerprint density at radius 1 is 1.29 bits per heavy atom. The maximum absolute atomic E-state index is 6.38. The Hall–Kier alpha value is -0.280. The van der Waals surface area contributed by atoms with Gasteiger partial charge in [0.25, 0.3) is 0 Å². The summed E-state index contributed by atoms with van der Waals surface area (Å²) in [5.41, 5.74) is 1.18. The molecule has 0 aromatic heterocycles. The first kappa shape index (κ1) is 15.6. The van der Waals surface area contributed by atoms with Crippen LogP contribution >= 0.6 is 23.2 Å². The van der Waals surface area contributed by atoms with Crippen molar-refractivity contribution in [3.05, 3.63) is 33.8 Å². The lowest BCUT2D eigenvalue weighted by molar-refractivity contribution is 0.160. The molecule has 0 aliphatic carbocycles. The molecule has 0 bridgehead atoms. The van der Waals surface area contributed by atoms with Gasteiger partial charge in [-0.3, -0.25) is 0 Å². The third kappa shape index (κ3) is 3.56. The van der Waals surface area contributed by atoms with Gasteiger partial charge in [-0.25, -0.2) is 0 Å². The summed E-state index contributed by atoms with van der Waals surface area (Å²) in [6.45, 7) is 4.76. The maximum atomic E-state index is 6.38. The smallest absolute Gasteiger partial charge is 0.0468 e. The lowest BCUT2D eigenvalue weighted by atomic mass is 9.95. The van der Waals surface area contributed by atoms with Gasteiger partial charge in [0.05, 0.1) is 0 Å². The predicted molar refractivity (Wildman–Crippen MR) is 90.2 cm³/mol. The summed E-state index contributed by atoms with van der Waals surface area (Å²) in [5.74, 6) is 0. The van der Waals surface area contributed by atoms with E-state index in [0.717, 1.165) is 17.5 Å². The fourth-order valence-corrected chi connectivity index (χ4v) is 4.41. The Morgan fingerprint density at radius 2 is 2.14 bits per heavy atom. The van der Waals surface area contributed by atoms with E-state index < -0.39 is 0 Å². The summed E-state index contributed by atoms with van der Waals surface area (Å²) in [6.07, 6.45) is 6.32. The molecular formula is C17H24Cl2N2. The molecule has 21 heavy (non-hydrogen) atoms. The van der Waals surface area contributed by atoms with Crippen LogP contribution in [0.2, 0.25) is 10.0 Å². The molecule has 2 aliphatic heterocycles. The molecule has 116 valence electrons. The molecular weight excluding hydrogens is 303 g/mol. The molecule has 3 unspecified atom stereocenters. The lowest BCUT2D eigenvalue weighted by Gasteiger charge is -2.37. The zero-order chi connectivity index (χ0) is 14.8. The second-order valence-corrected chi connectivity index (χ2v) is 7.19. The number of piperidine rings is 1. The molecule has 2 aliphatic rings. The summed E-state index contributed by atoms with van der Waals surface area (Å²) < 4.78 is 0. The summed E-state index contributed by atoms with van der Waals surface area (Å²) >= 11 is 12.4. The average Bonchev–Trinajstić information content (AvgIpc) is 2.93. The van der Waals surface area contributed by atoms with Gasteiger partial charge in [-0.05, 0) is 62.9 Å². The highest BCUT2D eigenvalue weighted by atomic mass is 35.5. The van der Waals surface area contributed by atoms with Crippen LogP contribution in [-0.4, -0.2) is 30.1 Å². The third-order valence-corrected chi connectivity index (χ3v) is 5.57. The molecule has 0 radical (unpaired) electrons. The normalized spacial score (nSPS) is 27.6. The van der Waals surface area contributed by atoms with Crippen LogP contribution in [0.5, 0.6) is 0 Å². The Labute approximate surface area is 137 Å². The number of hydrogen-bond donors (Lipinski definition) is 1. The van der Waals surface area contributed by atoms with Crippen molar-refractivity contribution in [2.45, 2.75) is 57.2 Å². The molecule has 2 fully saturated rings. The molecule has 2 saturated heterocycles. The van der Waals surface area contributed by atoms with E-state index in [1.165, 1.54) is 44.3 Å². The molecule has 2 heterocycles. The van der Waals surface area contributed by atoms with Crippen molar-refractivity contribution in [3.8, 4) is 0 Å². The van der Waals surface area contributed by atoms with Gasteiger partial charge in [-0.2, -0.15) is 0 Å². The van der Waals surface area contributed by atoms with Crippen molar-refractivity contribution in [1.29, 1.82) is 0 Å². The number of benzene rings is 1. The molecule has 0 amide bonds. The van der Waals surface area contributed by atoms with Crippen molar-refractivity contribution in [2.24, 2.45) is 0 Å². The first-order valence-corrected chi connectivity index (χ1v) is 8.88. The van der Waals surface area contributed by atoms with Crippen LogP contribution in [0.4, 0.5) is 0 Å². The second-order valence-electron chi connectivity index (χ2n) is 6.35. The van der Waals surface area contributed by atoms with Crippen LogP contribution < -0.4 is 5.32 Å². The molecule has 0 saturated carbocycles. The van der Waals surface area contributed by atoms with Gasteiger partial charge in [0.2, 0.25) is 0 Å². The zero-order valence-electron chi connectivity index (χ0n) is 12.6. The zero-order valence-corrected chi connectivity index (χ0v) is 14.1. The number of nitrogens with zero attached hydrogens (tertiary/aromatic N) is 1. The summed E-state index contributed by atoms with van der Waals surface area (Å²) in [7, 11) is 0. The molecule has 1 N–H and O–H groups in total. The maximum Gasteiger partial charge on any atom is 0.0468 e. The number of rotatable bonds is 4. The molecule has 3 atom stereocenters. The van der Waals surface area contributed by atoms with Gasteiger partial charge in [-0.1, -0.05) is 36.2 Å². The molecule has 3 rings (SSSR count). The summed E-state index contributed by atoms with van der Waals surface area (Å²) in [4.78, 5) is 2.66. The van der Waals surface area contributed by atoms with E-state index in [1.807, 2.05) is 12.1 Å². The van der Waals surface area contributed by atoms with Gasteiger partial charge >= 0.3 is 0 Å². The van der Waals surface area contributed by atoms with Gasteiger partial charge in [0, 0.05) is 28.2 Å². The van der Waals surface area contributed by atoms with E-state index >= 15 is 0 Å². The van der Waals surface area contributed by atoms with Crippen LogP contribution in [0.25, 0.3) is 0 Å². The van der Waals surface area contributed by atoms with Crippen LogP contribution in [0, 0.1) is 0 Å². The van der Waals surface area contributed by atoms with Crippen molar-refractivity contribution < 1.29 is 0 Å². The van der Waals surface area contributed by atoms with E-state index in [0.29, 0.717) is 17.1 Å². The average molecular weight is 327 g/mol. The topological polar surface area (TPSA) is 15.3 Å². The molecule has 2 nitrogen and oxygen atoms in total. The fraction of sp³-hybridized carbons (Fsp3) is 0.647. The first-order valence-electron chi connectivity index (χ1n) is 8.12. The van der Waals surface area contributed by atoms with E-state index in [-0.39, 0.29) is 0 Å². The number of halogens is 2. The predicted octanol–water partition coefficient (Wildman–Crippen LogP) is 4.66. The van der Waals surface area contributed by atoms with Crippen molar-refractivity contribution in [1.82, 2.24) is 10.2 Å². The Bertz CT molecular complexity index is 492. The molecule has 1 aromatic rings. The highest BCUT2D eigenvalue weighted by Crippen LogP contribution is 2.31. The molecule has 0 spiro atoms. The fourth-order valence-electron chi connectivity index (χ4n) is 3.87. The highest BCUT2D eigenvalue weighted by molar-refractivity contribution is 6.35. The van der Waals surface area contributed by atoms with Gasteiger partial charge in [0.1, 0.15) is 0 Å². The van der Waals surface area contributed by atoms with Crippen LogP contribution in [0.3, 0.4) is 0 Å². The minimum absolute atomic E-state index is 0.327. The van der Waals surface area contributed by atoms with Gasteiger partial charge in [0.15, 0.2) is 0 Å². The Morgan fingerprint density at radius 3 is 2.90 bits per heavy atom. The van der Waals surface area contributed by atoms with Gasteiger partial charge < -0.3 is 10.2 Å². The number of nitrogens with one attached hydrogen (secondary N) is 1. The van der Waals surface area contributed by atoms with Gasteiger partial charge in [-0.15, -0.1) is 0 Å². The van der Waals surface area contributed by atoms with E-state index in [1.54, 1.807) is 0 Å². The quantitative estimate of drug-likeness (QED) is 0.865. The van der Waals surface area contributed by atoms with Crippen molar-refractivity contribution in [3.63, 3.8) is 0 Å². The molecule has 1 aromatic carbocycles. The van der Waals surface area contributed by atoms with Crippen LogP contribution in [-0.2, 0) is 0 Å². The Kier molecular flexibility index (Phi) is 5.11. The van der Waals surface area contributed by atoms with Crippen molar-refractivity contribution >= 4 is 23.2 Å². The van der Waals surface area contributed by atoms with Crippen LogP contribution in [0.15, 0.2) is 18.2 Å². The number of fused-ring (bicyclic) bond motifs is 1. The van der Waals surface area contributed by atoms with E-state index in [2.05, 4.69) is 23.2 Å². The third-order valence-electron chi connectivity index (χ3n) is 5.00. The summed E-state index contributed by atoms with van der Waals surface area (Å²) in [5, 5.41) is 5.32. The van der Waals surface area contributed by atoms with E-state index in [4.69, 9.17) is 23.2 Å². The largest absolute Gasteiger partial charge is 0.307 e. The SMILES string of the molecule is CCC(NC1CCN2CCCC2C1)c1ccc(Cl)cc1Cl. The minimum Gasteiger partial charge on any atom is -0.307 e. The lowest BCUT2D eigenvalue weighted by Crippen LogP contribution is -2.46. The Balaban J connectivity index is 1.67. The van der Waals surface area contributed by atoms with E-state index in [9.17, 15) is 0 Å².